The zero-order chi connectivity index (χ0) is 16.0. The molecule has 9 heteroatoms. The Balaban J connectivity index is 2.56. The van der Waals surface area contributed by atoms with Crippen molar-refractivity contribution in [3.63, 3.8) is 0 Å². The third-order valence-corrected chi connectivity index (χ3v) is 2.30. The fraction of sp³-hybridized carbons (Fsp3) is 0.333. The lowest BCUT2D eigenvalue weighted by atomic mass is 10.2. The maximum absolute atomic E-state index is 11.9. The first-order valence-electron chi connectivity index (χ1n) is 5.63. The lowest BCUT2D eigenvalue weighted by Crippen LogP contribution is -2.38. The minimum atomic E-state index is -4.95. The van der Waals surface area contributed by atoms with Crippen LogP contribution >= 0.6 is 0 Å². The summed E-state index contributed by atoms with van der Waals surface area (Å²) < 4.78 is 45.7. The standard InChI is InChI=1S/C12H12F3NO5/c1-20-9-6-7(10(17)18)2-3-8(9)21-5-4-16-11(19)12(13,14)15/h2-3,6H,4-5H2,1H3,(H,16,19)(H,17,18)/p-1. The van der Waals surface area contributed by atoms with Gasteiger partial charge >= 0.3 is 12.1 Å². The van der Waals surface area contributed by atoms with Gasteiger partial charge in [0.25, 0.3) is 0 Å². The molecule has 1 aromatic carbocycles. The number of benzene rings is 1. The molecule has 0 saturated carbocycles. The third kappa shape index (κ3) is 4.86. The minimum Gasteiger partial charge on any atom is -0.545 e. The van der Waals surface area contributed by atoms with Gasteiger partial charge in [-0.05, 0) is 18.2 Å². The smallest absolute Gasteiger partial charge is 0.471 e. The monoisotopic (exact) mass is 306 g/mol. The average molecular weight is 306 g/mol. The number of carbonyl (C=O) groups is 2. The molecule has 0 saturated heterocycles. The number of hydrogen-bond acceptors (Lipinski definition) is 5. The van der Waals surface area contributed by atoms with Crippen molar-refractivity contribution < 1.29 is 37.3 Å². The van der Waals surface area contributed by atoms with E-state index in [1.54, 1.807) is 5.32 Å². The minimum absolute atomic E-state index is 0.0823. The van der Waals surface area contributed by atoms with E-state index in [1.807, 2.05) is 0 Å². The Morgan fingerprint density at radius 1 is 1.29 bits per heavy atom. The van der Waals surface area contributed by atoms with Crippen molar-refractivity contribution in [2.24, 2.45) is 0 Å². The Morgan fingerprint density at radius 2 is 1.95 bits per heavy atom. The Kier molecular flexibility index (Phi) is 5.39. The first-order valence-corrected chi connectivity index (χ1v) is 5.63. The normalized spacial score (nSPS) is 10.9. The highest BCUT2D eigenvalue weighted by atomic mass is 19.4. The fourth-order valence-corrected chi connectivity index (χ4v) is 1.34. The number of carboxylic acids is 1. The van der Waals surface area contributed by atoms with Crippen LogP contribution in [0, 0.1) is 0 Å². The van der Waals surface area contributed by atoms with E-state index in [0.717, 1.165) is 6.07 Å². The van der Waals surface area contributed by atoms with Gasteiger partial charge in [-0.25, -0.2) is 0 Å². The molecule has 1 N–H and O–H groups in total. The van der Waals surface area contributed by atoms with Gasteiger partial charge in [0.2, 0.25) is 0 Å². The second kappa shape index (κ2) is 6.82. The first kappa shape index (κ1) is 16.6. The quantitative estimate of drug-likeness (QED) is 0.754. The Bertz CT molecular complexity index is 530. The number of methoxy groups -OCH3 is 1. The Hall–Kier alpha value is -2.45. The van der Waals surface area contributed by atoms with E-state index in [4.69, 9.17) is 9.47 Å². The van der Waals surface area contributed by atoms with Crippen molar-refractivity contribution in [1.29, 1.82) is 0 Å². The molecule has 0 fully saturated rings. The first-order chi connectivity index (χ1) is 9.75. The molecule has 0 aliphatic carbocycles. The summed E-state index contributed by atoms with van der Waals surface area (Å²) >= 11 is 0. The summed E-state index contributed by atoms with van der Waals surface area (Å²) in [6.45, 7) is -0.618. The number of halogens is 3. The van der Waals surface area contributed by atoms with E-state index >= 15 is 0 Å². The molecule has 0 spiro atoms. The predicted octanol–water partition coefficient (Wildman–Crippen LogP) is 0.116. The van der Waals surface area contributed by atoms with Crippen LogP contribution in [-0.4, -0.2) is 38.3 Å². The van der Waals surface area contributed by atoms with Gasteiger partial charge in [-0.2, -0.15) is 13.2 Å². The maximum Gasteiger partial charge on any atom is 0.471 e. The molecule has 0 aromatic heterocycles. The Morgan fingerprint density at radius 3 is 2.48 bits per heavy atom. The van der Waals surface area contributed by atoms with E-state index < -0.39 is 18.1 Å². The molecule has 0 bridgehead atoms. The SMILES string of the molecule is COc1cc(C(=O)[O-])ccc1OCCNC(=O)C(F)(F)F. The number of nitrogens with one attached hydrogen (secondary N) is 1. The summed E-state index contributed by atoms with van der Waals surface area (Å²) in [4.78, 5) is 21.2. The summed E-state index contributed by atoms with van der Waals surface area (Å²) in [5.74, 6) is -3.26. The molecule has 0 aliphatic rings. The lowest BCUT2D eigenvalue weighted by molar-refractivity contribution is -0.255. The van der Waals surface area contributed by atoms with Crippen molar-refractivity contribution >= 4 is 11.9 Å². The topological polar surface area (TPSA) is 87.7 Å². The summed E-state index contributed by atoms with van der Waals surface area (Å²) in [5.41, 5.74) is -0.135. The van der Waals surface area contributed by atoms with Crippen LogP contribution in [0.15, 0.2) is 18.2 Å². The van der Waals surface area contributed by atoms with Gasteiger partial charge in [0.15, 0.2) is 11.5 Å². The van der Waals surface area contributed by atoms with Gasteiger partial charge in [-0.15, -0.1) is 0 Å². The van der Waals surface area contributed by atoms with Crippen LogP contribution in [0.1, 0.15) is 10.4 Å². The molecule has 0 aliphatic heterocycles. The van der Waals surface area contributed by atoms with Gasteiger partial charge < -0.3 is 24.7 Å². The summed E-state index contributed by atoms with van der Waals surface area (Å²) in [6.07, 6.45) is -4.95. The molecule has 116 valence electrons. The molecule has 1 amide bonds. The van der Waals surface area contributed by atoms with Crippen molar-refractivity contribution in [1.82, 2.24) is 5.32 Å². The molecule has 0 unspecified atom stereocenters. The van der Waals surface area contributed by atoms with Gasteiger partial charge in [0, 0.05) is 5.56 Å². The highest BCUT2D eigenvalue weighted by Gasteiger charge is 2.38. The van der Waals surface area contributed by atoms with E-state index in [0.29, 0.717) is 0 Å². The number of hydrogen-bond donors (Lipinski definition) is 1. The van der Waals surface area contributed by atoms with Gasteiger partial charge in [-0.1, -0.05) is 0 Å². The number of carbonyl (C=O) groups excluding carboxylic acids is 2. The van der Waals surface area contributed by atoms with E-state index in [1.165, 1.54) is 19.2 Å². The number of alkyl halides is 3. The number of rotatable bonds is 6. The van der Waals surface area contributed by atoms with Crippen LogP contribution in [0.3, 0.4) is 0 Å². The van der Waals surface area contributed by atoms with E-state index in [-0.39, 0.29) is 30.2 Å². The van der Waals surface area contributed by atoms with Crippen molar-refractivity contribution in [3.8, 4) is 11.5 Å². The highest BCUT2D eigenvalue weighted by Crippen LogP contribution is 2.27. The van der Waals surface area contributed by atoms with Crippen LogP contribution in [0.4, 0.5) is 13.2 Å². The molecule has 1 aromatic rings. The third-order valence-electron chi connectivity index (χ3n) is 2.30. The largest absolute Gasteiger partial charge is 0.545 e. The van der Waals surface area contributed by atoms with Gasteiger partial charge in [0.05, 0.1) is 19.6 Å². The second-order valence-corrected chi connectivity index (χ2v) is 3.76. The van der Waals surface area contributed by atoms with E-state index in [9.17, 15) is 27.9 Å². The van der Waals surface area contributed by atoms with Crippen molar-refractivity contribution in [2.45, 2.75) is 6.18 Å². The van der Waals surface area contributed by atoms with Crippen molar-refractivity contribution in [2.75, 3.05) is 20.3 Å². The number of amides is 1. The molecule has 21 heavy (non-hydrogen) atoms. The van der Waals surface area contributed by atoms with Crippen LogP contribution in [0.2, 0.25) is 0 Å². The van der Waals surface area contributed by atoms with Crippen LogP contribution < -0.4 is 19.9 Å². The van der Waals surface area contributed by atoms with E-state index in [2.05, 4.69) is 0 Å². The lowest BCUT2D eigenvalue weighted by Gasteiger charge is -2.13. The molecule has 0 radical (unpaired) electrons. The maximum atomic E-state index is 11.9. The molecule has 1 rings (SSSR count). The highest BCUT2D eigenvalue weighted by molar-refractivity contribution is 5.86. The van der Waals surface area contributed by atoms with Crippen LogP contribution in [0.25, 0.3) is 0 Å². The molecule has 0 atom stereocenters. The van der Waals surface area contributed by atoms with Crippen LogP contribution in [-0.2, 0) is 4.79 Å². The zero-order valence-corrected chi connectivity index (χ0v) is 10.8. The summed E-state index contributed by atoms with van der Waals surface area (Å²) in [7, 11) is 1.27. The number of ether oxygens (including phenoxy) is 2. The Labute approximate surface area is 117 Å². The van der Waals surface area contributed by atoms with Crippen LogP contribution in [0.5, 0.6) is 11.5 Å². The predicted molar refractivity (Wildman–Crippen MR) is 61.9 cm³/mol. The fourth-order valence-electron chi connectivity index (χ4n) is 1.34. The number of aromatic carboxylic acids is 1. The van der Waals surface area contributed by atoms with Gasteiger partial charge in [-0.3, -0.25) is 4.79 Å². The molecular weight excluding hydrogens is 295 g/mol. The summed E-state index contributed by atoms with van der Waals surface area (Å²) in [5, 5.41) is 12.3. The molecule has 6 nitrogen and oxygen atoms in total. The average Bonchev–Trinajstić information content (AvgIpc) is 2.42. The molecule has 0 heterocycles. The number of carboxylic acid groups (broad SMARTS) is 1. The zero-order valence-electron chi connectivity index (χ0n) is 10.8. The second-order valence-electron chi connectivity index (χ2n) is 3.76. The summed E-state index contributed by atoms with van der Waals surface area (Å²) in [6, 6.07) is 3.62. The molecular formula is C12H11F3NO5-. The van der Waals surface area contributed by atoms with Crippen molar-refractivity contribution in [3.05, 3.63) is 23.8 Å². The van der Waals surface area contributed by atoms with Gasteiger partial charge in [0.1, 0.15) is 6.61 Å².